The highest BCUT2D eigenvalue weighted by atomic mass is 16.6. The van der Waals surface area contributed by atoms with E-state index in [0.29, 0.717) is 5.65 Å². The average molecular weight is 268 g/mol. The Morgan fingerprint density at radius 1 is 1.37 bits per heavy atom. The minimum absolute atomic E-state index is 0.111. The largest absolute Gasteiger partial charge is 0.394 e. The Morgan fingerprint density at radius 2 is 2.16 bits per heavy atom. The molecule has 0 saturated carbocycles. The second-order valence-electron chi connectivity index (χ2n) is 4.29. The first-order chi connectivity index (χ1) is 9.13. The normalized spacial score (nSPS) is 31.1. The lowest BCUT2D eigenvalue weighted by Gasteiger charge is -2.16. The van der Waals surface area contributed by atoms with Crippen molar-refractivity contribution in [1.82, 2.24) is 19.5 Å². The van der Waals surface area contributed by atoms with Crippen LogP contribution in [0.25, 0.3) is 11.2 Å². The third-order valence-electron chi connectivity index (χ3n) is 3.17. The molecule has 102 valence electrons. The average Bonchev–Trinajstić information content (AvgIpc) is 2.94. The fourth-order valence-corrected chi connectivity index (χ4v) is 2.18. The highest BCUT2D eigenvalue weighted by Gasteiger charge is 2.43. The molecular formula is C10H12N4O5. The van der Waals surface area contributed by atoms with Crippen LogP contribution in [0.1, 0.15) is 6.23 Å². The number of fused-ring (bicyclic) bond motifs is 1. The molecular weight excluding hydrogens is 256 g/mol. The monoisotopic (exact) mass is 268 g/mol. The first kappa shape index (κ1) is 12.2. The quantitative estimate of drug-likeness (QED) is 0.482. The summed E-state index contributed by atoms with van der Waals surface area (Å²) in [5, 5.41) is 28.7. The Kier molecular flexibility index (Phi) is 2.82. The second-order valence-corrected chi connectivity index (χ2v) is 4.29. The van der Waals surface area contributed by atoms with Gasteiger partial charge in [0.2, 0.25) is 0 Å². The van der Waals surface area contributed by atoms with Crippen molar-refractivity contribution in [3.8, 4) is 0 Å². The van der Waals surface area contributed by atoms with Gasteiger partial charge in [-0.25, -0.2) is 4.98 Å². The number of nitrogens with zero attached hydrogens (tertiary/aromatic N) is 3. The van der Waals surface area contributed by atoms with Crippen LogP contribution >= 0.6 is 0 Å². The van der Waals surface area contributed by atoms with Crippen molar-refractivity contribution in [2.24, 2.45) is 0 Å². The van der Waals surface area contributed by atoms with Gasteiger partial charge in [-0.3, -0.25) is 9.36 Å². The van der Waals surface area contributed by atoms with E-state index in [1.807, 2.05) is 0 Å². The lowest BCUT2D eigenvalue weighted by molar-refractivity contribution is -0.0511. The molecule has 0 aliphatic carbocycles. The number of aromatic amines is 1. The number of ether oxygens (including phenoxy) is 1. The van der Waals surface area contributed by atoms with Gasteiger partial charge in [0.15, 0.2) is 11.7 Å². The van der Waals surface area contributed by atoms with E-state index in [2.05, 4.69) is 15.0 Å². The molecule has 2 aromatic rings. The van der Waals surface area contributed by atoms with Gasteiger partial charge in [0.05, 0.1) is 19.3 Å². The molecule has 1 fully saturated rings. The molecule has 1 unspecified atom stereocenters. The summed E-state index contributed by atoms with van der Waals surface area (Å²) < 4.78 is 6.75. The van der Waals surface area contributed by atoms with Crippen molar-refractivity contribution in [3.05, 3.63) is 23.0 Å². The third-order valence-corrected chi connectivity index (χ3v) is 3.17. The van der Waals surface area contributed by atoms with Crippen LogP contribution in [0.4, 0.5) is 0 Å². The maximum Gasteiger partial charge on any atom is 0.300 e. The van der Waals surface area contributed by atoms with E-state index in [1.54, 1.807) is 0 Å². The zero-order chi connectivity index (χ0) is 13.6. The van der Waals surface area contributed by atoms with Crippen LogP contribution in [0.5, 0.6) is 0 Å². The van der Waals surface area contributed by atoms with E-state index < -0.39 is 36.7 Å². The minimum Gasteiger partial charge on any atom is -0.394 e. The van der Waals surface area contributed by atoms with E-state index in [0.717, 1.165) is 0 Å². The van der Waals surface area contributed by atoms with Gasteiger partial charge < -0.3 is 25.0 Å². The number of rotatable bonds is 2. The molecule has 4 atom stereocenters. The van der Waals surface area contributed by atoms with Gasteiger partial charge in [0.1, 0.15) is 24.0 Å². The molecule has 2 aromatic heterocycles. The van der Waals surface area contributed by atoms with Crippen LogP contribution in [0.15, 0.2) is 17.4 Å². The summed E-state index contributed by atoms with van der Waals surface area (Å²) in [6.45, 7) is -0.417. The second kappa shape index (κ2) is 4.38. The summed E-state index contributed by atoms with van der Waals surface area (Å²) in [5.41, 5.74) is -0.0608. The van der Waals surface area contributed by atoms with E-state index in [1.165, 1.54) is 17.2 Å². The molecule has 0 spiro atoms. The van der Waals surface area contributed by atoms with Gasteiger partial charge in [-0.1, -0.05) is 0 Å². The lowest BCUT2D eigenvalue weighted by Crippen LogP contribution is -2.33. The first-order valence-corrected chi connectivity index (χ1v) is 5.66. The summed E-state index contributed by atoms with van der Waals surface area (Å²) in [7, 11) is 0. The Balaban J connectivity index is 2.06. The molecule has 0 aromatic carbocycles. The molecule has 1 aliphatic heterocycles. The van der Waals surface area contributed by atoms with Gasteiger partial charge in [0, 0.05) is 0 Å². The summed E-state index contributed by atoms with van der Waals surface area (Å²) >= 11 is 0. The maximum absolute atomic E-state index is 11.5. The molecule has 4 N–H and O–H groups in total. The van der Waals surface area contributed by atoms with Crippen molar-refractivity contribution in [1.29, 1.82) is 0 Å². The molecule has 3 rings (SSSR count). The van der Waals surface area contributed by atoms with Gasteiger partial charge in [-0.2, -0.15) is 4.98 Å². The van der Waals surface area contributed by atoms with Crippen LogP contribution in [-0.2, 0) is 4.74 Å². The van der Waals surface area contributed by atoms with Gasteiger partial charge >= 0.3 is 5.56 Å². The van der Waals surface area contributed by atoms with Crippen LogP contribution in [0, 0.1) is 0 Å². The van der Waals surface area contributed by atoms with Gasteiger partial charge in [-0.15, -0.1) is 0 Å². The molecule has 19 heavy (non-hydrogen) atoms. The fraction of sp³-hybridized carbons (Fsp3) is 0.500. The maximum atomic E-state index is 11.5. The molecule has 9 nitrogen and oxygen atoms in total. The zero-order valence-corrected chi connectivity index (χ0v) is 9.67. The van der Waals surface area contributed by atoms with Crippen LogP contribution < -0.4 is 5.56 Å². The smallest absolute Gasteiger partial charge is 0.300 e. The summed E-state index contributed by atoms with van der Waals surface area (Å²) in [6.07, 6.45) is -1.73. The van der Waals surface area contributed by atoms with Crippen molar-refractivity contribution in [2.75, 3.05) is 6.61 Å². The number of aliphatic hydroxyl groups is 3. The van der Waals surface area contributed by atoms with Crippen molar-refractivity contribution < 1.29 is 20.1 Å². The van der Waals surface area contributed by atoms with Gasteiger partial charge in [-0.05, 0) is 0 Å². The number of nitrogens with one attached hydrogen (secondary N) is 1. The third kappa shape index (κ3) is 1.75. The minimum atomic E-state index is -1.23. The number of aromatic nitrogens is 4. The van der Waals surface area contributed by atoms with Gasteiger partial charge in [0.25, 0.3) is 0 Å². The van der Waals surface area contributed by atoms with Crippen molar-refractivity contribution in [3.63, 3.8) is 0 Å². The highest BCUT2D eigenvalue weighted by Crippen LogP contribution is 2.30. The number of H-pyrrole nitrogens is 1. The Labute approximate surface area is 106 Å². The Bertz CT molecular complexity index is 653. The number of hydrogen-bond acceptors (Lipinski definition) is 7. The van der Waals surface area contributed by atoms with Crippen LogP contribution in [0.2, 0.25) is 0 Å². The topological polar surface area (TPSA) is 133 Å². The van der Waals surface area contributed by atoms with E-state index in [-0.39, 0.29) is 5.52 Å². The van der Waals surface area contributed by atoms with Crippen LogP contribution in [-0.4, -0.2) is 59.8 Å². The zero-order valence-electron chi connectivity index (χ0n) is 9.67. The first-order valence-electron chi connectivity index (χ1n) is 5.66. The Hall–Kier alpha value is -1.81. The summed E-state index contributed by atoms with van der Waals surface area (Å²) in [6, 6.07) is 0. The standard InChI is InChI=1S/C10H12N4O5/c15-1-4-6(16)7(17)10(19-4)14-3-13-5-8(14)11-2-12-9(5)18/h2-4,6-7,10,15-17H,1H2,(H,11,12,18)/t4-,6-,7-,10?/m1/s1. The SMILES string of the molecule is O=c1nc[nH]c2c1ncn2C1O[C@H](CO)[C@@H](O)[C@H]1O. The predicted molar refractivity (Wildman–Crippen MR) is 61.2 cm³/mol. The fourth-order valence-electron chi connectivity index (χ4n) is 2.18. The molecule has 0 amide bonds. The lowest BCUT2D eigenvalue weighted by atomic mass is 10.1. The van der Waals surface area contributed by atoms with E-state index in [4.69, 9.17) is 9.84 Å². The van der Waals surface area contributed by atoms with E-state index in [9.17, 15) is 15.0 Å². The molecule has 0 radical (unpaired) electrons. The molecule has 3 heterocycles. The molecule has 1 saturated heterocycles. The number of hydrogen-bond donors (Lipinski definition) is 4. The molecule has 1 aliphatic rings. The predicted octanol–water partition coefficient (Wildman–Crippen LogP) is -2.27. The highest BCUT2D eigenvalue weighted by molar-refractivity contribution is 5.68. The van der Waals surface area contributed by atoms with Crippen LogP contribution in [0.3, 0.4) is 0 Å². The molecule has 9 heteroatoms. The van der Waals surface area contributed by atoms with Crippen molar-refractivity contribution in [2.45, 2.75) is 24.5 Å². The number of imidazole rings is 1. The Morgan fingerprint density at radius 3 is 2.84 bits per heavy atom. The number of aliphatic hydroxyl groups excluding tert-OH is 3. The van der Waals surface area contributed by atoms with E-state index >= 15 is 0 Å². The molecule has 0 bridgehead atoms. The van der Waals surface area contributed by atoms with Crippen molar-refractivity contribution >= 4 is 11.2 Å². The summed E-state index contributed by atoms with van der Waals surface area (Å²) in [4.78, 5) is 21.6. The summed E-state index contributed by atoms with van der Waals surface area (Å²) in [5.74, 6) is 0.